The Labute approximate surface area is 100 Å². The van der Waals surface area contributed by atoms with Gasteiger partial charge < -0.3 is 14.7 Å². The molecule has 1 N–H and O–H groups in total. The molecule has 1 saturated heterocycles. The number of ether oxygens (including phenoxy) is 1. The van der Waals surface area contributed by atoms with Crippen LogP contribution in [0.1, 0.15) is 22.5 Å². The normalized spacial score (nSPS) is 19.3. The molecule has 0 bridgehead atoms. The Hall–Kier alpha value is -1.62. The first kappa shape index (κ1) is 11.9. The summed E-state index contributed by atoms with van der Waals surface area (Å²) in [5.41, 5.74) is 1.06. The van der Waals surface area contributed by atoms with Gasteiger partial charge >= 0.3 is 5.97 Å². The number of rotatable bonds is 3. The summed E-state index contributed by atoms with van der Waals surface area (Å²) < 4.78 is 5.31. The molecule has 2 heterocycles. The Morgan fingerprint density at radius 1 is 1.59 bits per heavy atom. The zero-order chi connectivity index (χ0) is 12.4. The molecule has 17 heavy (non-hydrogen) atoms. The van der Waals surface area contributed by atoms with Crippen LogP contribution in [0.2, 0.25) is 0 Å². The van der Waals surface area contributed by atoms with E-state index in [0.29, 0.717) is 12.4 Å². The van der Waals surface area contributed by atoms with Gasteiger partial charge in [0, 0.05) is 19.3 Å². The smallest absolute Gasteiger partial charge is 0.339 e. The third kappa shape index (κ3) is 2.39. The van der Waals surface area contributed by atoms with Crippen LogP contribution in [0.25, 0.3) is 0 Å². The number of pyridine rings is 1. The first-order valence-corrected chi connectivity index (χ1v) is 5.61. The number of aryl methyl sites for hydroxylation is 1. The second-order valence-electron chi connectivity index (χ2n) is 4.26. The molecule has 0 aliphatic carbocycles. The van der Waals surface area contributed by atoms with Gasteiger partial charge in [-0.25, -0.2) is 9.78 Å². The first-order valence-electron chi connectivity index (χ1n) is 5.61. The van der Waals surface area contributed by atoms with Crippen molar-refractivity contribution in [2.24, 2.45) is 0 Å². The number of likely N-dealkylation sites (N-methyl/N-ethyl adjacent to an activating group) is 1. The lowest BCUT2D eigenvalue weighted by molar-refractivity contribution is 0.0697. The van der Waals surface area contributed by atoms with Gasteiger partial charge in [-0.05, 0) is 25.5 Å². The average molecular weight is 236 g/mol. The van der Waals surface area contributed by atoms with Crippen LogP contribution < -0.4 is 4.90 Å². The quantitative estimate of drug-likeness (QED) is 0.857. The van der Waals surface area contributed by atoms with Gasteiger partial charge in [0.2, 0.25) is 0 Å². The maximum absolute atomic E-state index is 11.2. The summed E-state index contributed by atoms with van der Waals surface area (Å²) in [6.45, 7) is 3.21. The van der Waals surface area contributed by atoms with E-state index in [4.69, 9.17) is 9.84 Å². The molecule has 0 spiro atoms. The molecular formula is C12H16N2O3. The summed E-state index contributed by atoms with van der Waals surface area (Å²) in [5, 5.41) is 9.15. The van der Waals surface area contributed by atoms with Gasteiger partial charge in [0.25, 0.3) is 0 Å². The lowest BCUT2D eigenvalue weighted by atomic mass is 10.2. The van der Waals surface area contributed by atoms with Gasteiger partial charge in [-0.15, -0.1) is 0 Å². The van der Waals surface area contributed by atoms with Gasteiger partial charge in [-0.3, -0.25) is 0 Å². The molecular weight excluding hydrogens is 220 g/mol. The van der Waals surface area contributed by atoms with E-state index in [-0.39, 0.29) is 11.6 Å². The number of carboxylic acids is 1. The Morgan fingerprint density at radius 3 is 2.94 bits per heavy atom. The van der Waals surface area contributed by atoms with E-state index in [1.54, 1.807) is 12.1 Å². The van der Waals surface area contributed by atoms with Gasteiger partial charge in [0.15, 0.2) is 0 Å². The van der Waals surface area contributed by atoms with Crippen molar-refractivity contribution in [3.8, 4) is 0 Å². The maximum Gasteiger partial charge on any atom is 0.339 e. The summed E-state index contributed by atoms with van der Waals surface area (Å²) in [5.74, 6) is -0.425. The number of aromatic carboxylic acids is 1. The Balaban J connectivity index is 2.34. The van der Waals surface area contributed by atoms with Crippen LogP contribution in [0.15, 0.2) is 12.1 Å². The largest absolute Gasteiger partial charge is 0.478 e. The molecule has 0 amide bonds. The van der Waals surface area contributed by atoms with Gasteiger partial charge in [-0.1, -0.05) is 0 Å². The number of hydrogen-bond donors (Lipinski definition) is 1. The van der Waals surface area contributed by atoms with Crippen LogP contribution in [0.3, 0.4) is 0 Å². The summed E-state index contributed by atoms with van der Waals surface area (Å²) in [7, 11) is 1.87. The van der Waals surface area contributed by atoms with E-state index in [1.165, 1.54) is 0 Å². The second-order valence-corrected chi connectivity index (χ2v) is 4.26. The van der Waals surface area contributed by atoms with Crippen molar-refractivity contribution in [2.45, 2.75) is 19.4 Å². The number of carbonyl (C=O) groups is 1. The molecule has 5 nitrogen and oxygen atoms in total. The molecule has 1 atom stereocenters. The zero-order valence-corrected chi connectivity index (χ0v) is 10.0. The predicted molar refractivity (Wildman–Crippen MR) is 63.6 cm³/mol. The van der Waals surface area contributed by atoms with Gasteiger partial charge in [0.05, 0.1) is 12.6 Å². The van der Waals surface area contributed by atoms with Crippen molar-refractivity contribution in [1.82, 2.24) is 4.98 Å². The number of hydrogen-bond acceptors (Lipinski definition) is 4. The average Bonchev–Trinajstić information content (AvgIpc) is 2.80. The summed E-state index contributed by atoms with van der Waals surface area (Å²) >= 11 is 0. The van der Waals surface area contributed by atoms with Crippen molar-refractivity contribution in [2.75, 3.05) is 25.2 Å². The number of nitrogens with zero attached hydrogens (tertiary/aromatic N) is 2. The fraction of sp³-hybridized carbons (Fsp3) is 0.500. The molecule has 1 aliphatic heterocycles. The number of carboxylic acid groups (broad SMARTS) is 1. The fourth-order valence-electron chi connectivity index (χ4n) is 1.98. The first-order chi connectivity index (χ1) is 8.09. The van der Waals surface area contributed by atoms with Crippen LogP contribution in [0.4, 0.5) is 5.82 Å². The lowest BCUT2D eigenvalue weighted by Crippen LogP contribution is -2.33. The Kier molecular flexibility index (Phi) is 3.28. The van der Waals surface area contributed by atoms with E-state index in [2.05, 4.69) is 4.98 Å². The molecule has 5 heteroatoms. The lowest BCUT2D eigenvalue weighted by Gasteiger charge is -2.25. The van der Waals surface area contributed by atoms with Crippen LogP contribution in [-0.4, -0.2) is 42.4 Å². The van der Waals surface area contributed by atoms with Crippen LogP contribution >= 0.6 is 0 Å². The highest BCUT2D eigenvalue weighted by Gasteiger charge is 2.25. The second kappa shape index (κ2) is 4.71. The van der Waals surface area contributed by atoms with Gasteiger partial charge in [0.1, 0.15) is 11.4 Å². The van der Waals surface area contributed by atoms with Crippen LogP contribution in [0.5, 0.6) is 0 Å². The summed E-state index contributed by atoms with van der Waals surface area (Å²) in [4.78, 5) is 17.4. The maximum atomic E-state index is 11.2. The highest BCUT2D eigenvalue weighted by atomic mass is 16.5. The molecule has 2 rings (SSSR count). The standard InChI is InChI=1S/C12H16N2O3/c1-8-3-4-10(12(15)16)11(13-8)14(2)9-5-6-17-7-9/h3-4,9H,5-7H2,1-2H3,(H,15,16). The van der Waals surface area contributed by atoms with E-state index in [1.807, 2.05) is 18.9 Å². The van der Waals surface area contributed by atoms with Crippen LogP contribution in [0, 0.1) is 6.92 Å². The molecule has 1 fully saturated rings. The Morgan fingerprint density at radius 2 is 2.35 bits per heavy atom. The van der Waals surface area contributed by atoms with Crippen molar-refractivity contribution in [3.05, 3.63) is 23.4 Å². The van der Waals surface area contributed by atoms with E-state index >= 15 is 0 Å². The minimum absolute atomic E-state index is 0.211. The Bertz CT molecular complexity index is 428. The fourth-order valence-corrected chi connectivity index (χ4v) is 1.98. The molecule has 0 aromatic carbocycles. The zero-order valence-electron chi connectivity index (χ0n) is 10.0. The molecule has 0 saturated carbocycles. The third-order valence-electron chi connectivity index (χ3n) is 3.03. The highest BCUT2D eigenvalue weighted by molar-refractivity contribution is 5.93. The molecule has 92 valence electrons. The van der Waals surface area contributed by atoms with Crippen LogP contribution in [-0.2, 0) is 4.74 Å². The van der Waals surface area contributed by atoms with E-state index in [0.717, 1.165) is 18.7 Å². The summed E-state index contributed by atoms with van der Waals surface area (Å²) in [6, 6.07) is 3.53. The van der Waals surface area contributed by atoms with Crippen molar-refractivity contribution >= 4 is 11.8 Å². The minimum Gasteiger partial charge on any atom is -0.478 e. The number of aromatic nitrogens is 1. The molecule has 1 aromatic heterocycles. The third-order valence-corrected chi connectivity index (χ3v) is 3.03. The SMILES string of the molecule is Cc1ccc(C(=O)O)c(N(C)C2CCOC2)n1. The predicted octanol–water partition coefficient (Wildman–Crippen LogP) is 1.31. The van der Waals surface area contributed by atoms with E-state index < -0.39 is 5.97 Å². The number of anilines is 1. The summed E-state index contributed by atoms with van der Waals surface area (Å²) in [6.07, 6.45) is 0.908. The van der Waals surface area contributed by atoms with Crippen molar-refractivity contribution in [3.63, 3.8) is 0 Å². The van der Waals surface area contributed by atoms with E-state index in [9.17, 15) is 4.79 Å². The molecule has 1 aromatic rings. The molecule has 0 radical (unpaired) electrons. The monoisotopic (exact) mass is 236 g/mol. The molecule has 1 aliphatic rings. The van der Waals surface area contributed by atoms with Crippen molar-refractivity contribution < 1.29 is 14.6 Å². The topological polar surface area (TPSA) is 62.7 Å². The molecule has 1 unspecified atom stereocenters. The van der Waals surface area contributed by atoms with Gasteiger partial charge in [-0.2, -0.15) is 0 Å². The van der Waals surface area contributed by atoms with Crippen molar-refractivity contribution in [1.29, 1.82) is 0 Å². The highest BCUT2D eigenvalue weighted by Crippen LogP contribution is 2.22. The minimum atomic E-state index is -0.946.